The molecule has 0 N–H and O–H groups in total. The number of anilines is 1. The molecule has 5 heterocycles. The van der Waals surface area contributed by atoms with Crippen molar-refractivity contribution in [3.8, 4) is 23.3 Å². The molecule has 0 amide bonds. The van der Waals surface area contributed by atoms with Crippen molar-refractivity contribution in [3.05, 3.63) is 64.2 Å². The molecule has 8 nitrogen and oxygen atoms in total. The Labute approximate surface area is 199 Å². The van der Waals surface area contributed by atoms with Crippen molar-refractivity contribution in [2.75, 3.05) is 11.4 Å². The van der Waals surface area contributed by atoms with Gasteiger partial charge in [-0.25, -0.2) is 18.6 Å². The van der Waals surface area contributed by atoms with E-state index in [-0.39, 0.29) is 29.3 Å². The van der Waals surface area contributed by atoms with Crippen molar-refractivity contribution in [1.82, 2.24) is 14.5 Å². The van der Waals surface area contributed by atoms with E-state index in [0.717, 1.165) is 55.7 Å². The Bertz CT molecular complexity index is 1400. The number of aromatic nitrogens is 3. The van der Waals surface area contributed by atoms with E-state index in [1.54, 1.807) is 10.6 Å². The van der Waals surface area contributed by atoms with Crippen LogP contribution in [0.3, 0.4) is 0 Å². The zero-order valence-corrected chi connectivity index (χ0v) is 18.4. The standard InChI is InChI=1S/C23H17F5N4O4/c24-15-3-12(4-16(25)20(15)35-14-1-2-29-17(5-14)36-23(26,27)28)10-34-18-6-19-31(21(33)30-18)11-22-7-13(8-22)9-32(19)22/h1-6,13H,7-11H2. The molecule has 2 saturated heterocycles. The van der Waals surface area contributed by atoms with Gasteiger partial charge in [0, 0.05) is 24.9 Å². The molecule has 0 radical (unpaired) electrons. The predicted octanol–water partition coefficient (Wildman–Crippen LogP) is 4.17. The van der Waals surface area contributed by atoms with Gasteiger partial charge in [-0.3, -0.25) is 4.57 Å². The van der Waals surface area contributed by atoms with Crippen molar-refractivity contribution in [1.29, 1.82) is 0 Å². The molecular weight excluding hydrogens is 491 g/mol. The maximum Gasteiger partial charge on any atom is 0.574 e. The Kier molecular flexibility index (Phi) is 4.89. The van der Waals surface area contributed by atoms with Crippen LogP contribution in [0.25, 0.3) is 0 Å². The summed E-state index contributed by atoms with van der Waals surface area (Å²) in [6, 6.07) is 5.43. The second kappa shape index (κ2) is 7.80. The number of nitrogens with zero attached hydrogens (tertiary/aromatic N) is 4. The van der Waals surface area contributed by atoms with Gasteiger partial charge in [0.15, 0.2) is 17.4 Å². The Balaban J connectivity index is 1.17. The number of pyridine rings is 1. The van der Waals surface area contributed by atoms with Crippen LogP contribution in [0.1, 0.15) is 18.4 Å². The molecule has 7 rings (SSSR count). The largest absolute Gasteiger partial charge is 0.574 e. The molecule has 0 unspecified atom stereocenters. The van der Waals surface area contributed by atoms with Crippen molar-refractivity contribution >= 4 is 5.82 Å². The highest BCUT2D eigenvalue weighted by atomic mass is 19.4. The third-order valence-corrected chi connectivity index (χ3v) is 6.64. The Morgan fingerprint density at radius 1 is 1.08 bits per heavy atom. The number of benzene rings is 1. The second-order valence-corrected chi connectivity index (χ2v) is 9.09. The summed E-state index contributed by atoms with van der Waals surface area (Å²) in [7, 11) is 0. The van der Waals surface area contributed by atoms with E-state index in [4.69, 9.17) is 9.47 Å². The molecule has 0 atom stereocenters. The summed E-state index contributed by atoms with van der Waals surface area (Å²) in [5.74, 6) is -2.79. The van der Waals surface area contributed by atoms with Crippen molar-refractivity contribution < 1.29 is 36.2 Å². The molecule has 4 aliphatic rings. The van der Waals surface area contributed by atoms with E-state index in [1.807, 2.05) is 0 Å². The highest BCUT2D eigenvalue weighted by Crippen LogP contribution is 2.56. The molecular formula is C23H17F5N4O4. The number of halogens is 5. The third-order valence-electron chi connectivity index (χ3n) is 6.64. The summed E-state index contributed by atoms with van der Waals surface area (Å²) in [5.41, 5.74) is -0.356. The lowest BCUT2D eigenvalue weighted by Crippen LogP contribution is -2.44. The molecule has 3 fully saturated rings. The average Bonchev–Trinajstić information content (AvgIpc) is 3.40. The molecule has 1 aliphatic carbocycles. The molecule has 3 aliphatic heterocycles. The Morgan fingerprint density at radius 3 is 2.56 bits per heavy atom. The Morgan fingerprint density at radius 2 is 1.83 bits per heavy atom. The van der Waals surface area contributed by atoms with Crippen LogP contribution in [0.4, 0.5) is 27.8 Å². The van der Waals surface area contributed by atoms with Gasteiger partial charge in [0.1, 0.15) is 18.2 Å². The zero-order valence-electron chi connectivity index (χ0n) is 18.4. The number of rotatable bonds is 6. The minimum atomic E-state index is -4.99. The first kappa shape index (κ1) is 22.6. The highest BCUT2D eigenvalue weighted by Gasteiger charge is 2.60. The van der Waals surface area contributed by atoms with Crippen LogP contribution in [0.5, 0.6) is 23.3 Å². The van der Waals surface area contributed by atoms with Crippen molar-refractivity contribution in [2.24, 2.45) is 5.92 Å². The normalized spacial score (nSPS) is 21.6. The summed E-state index contributed by atoms with van der Waals surface area (Å²) < 4.78 is 82.3. The summed E-state index contributed by atoms with van der Waals surface area (Å²) in [4.78, 5) is 22.0. The topological polar surface area (TPSA) is 78.7 Å². The van der Waals surface area contributed by atoms with Crippen LogP contribution in [0.15, 0.2) is 41.3 Å². The highest BCUT2D eigenvalue weighted by molar-refractivity contribution is 5.54. The summed E-state index contributed by atoms with van der Waals surface area (Å²) >= 11 is 0. The van der Waals surface area contributed by atoms with Gasteiger partial charge in [-0.2, -0.15) is 4.98 Å². The maximum atomic E-state index is 14.6. The molecule has 36 heavy (non-hydrogen) atoms. The molecule has 1 aromatic carbocycles. The smallest absolute Gasteiger partial charge is 0.473 e. The molecule has 13 heteroatoms. The predicted molar refractivity (Wildman–Crippen MR) is 113 cm³/mol. The first-order valence-electron chi connectivity index (χ1n) is 11.0. The first-order valence-corrected chi connectivity index (χ1v) is 11.0. The van der Waals surface area contributed by atoms with E-state index in [9.17, 15) is 26.7 Å². The second-order valence-electron chi connectivity index (χ2n) is 9.09. The lowest BCUT2D eigenvalue weighted by Gasteiger charge is -2.37. The molecule has 2 aromatic heterocycles. The van der Waals surface area contributed by atoms with Crippen LogP contribution in [-0.2, 0) is 13.2 Å². The number of alkyl halides is 3. The van der Waals surface area contributed by atoms with Gasteiger partial charge < -0.3 is 19.1 Å². The van der Waals surface area contributed by atoms with Gasteiger partial charge in [-0.05, 0) is 42.5 Å². The van der Waals surface area contributed by atoms with Crippen LogP contribution in [-0.4, -0.2) is 33.0 Å². The average molecular weight is 508 g/mol. The van der Waals surface area contributed by atoms with Crippen LogP contribution in [0, 0.1) is 17.6 Å². The van der Waals surface area contributed by atoms with Crippen LogP contribution < -0.4 is 24.8 Å². The van der Waals surface area contributed by atoms with Gasteiger partial charge in [0.2, 0.25) is 11.8 Å². The minimum absolute atomic E-state index is 0.00628. The summed E-state index contributed by atoms with van der Waals surface area (Å²) in [6.45, 7) is 1.20. The number of hydrogen-bond acceptors (Lipinski definition) is 7. The van der Waals surface area contributed by atoms with Crippen LogP contribution >= 0.6 is 0 Å². The van der Waals surface area contributed by atoms with E-state index < -0.39 is 35.3 Å². The lowest BCUT2D eigenvalue weighted by atomic mass is 9.74. The fourth-order valence-electron chi connectivity index (χ4n) is 5.28. The SMILES string of the molecule is O=c1nc(OCc2cc(F)c(Oc3ccnc(OC(F)(F)F)c3)c(F)c2)cc2n1CC13CC(CN21)C3. The van der Waals surface area contributed by atoms with E-state index >= 15 is 0 Å². The monoisotopic (exact) mass is 508 g/mol. The lowest BCUT2D eigenvalue weighted by molar-refractivity contribution is -0.276. The third kappa shape index (κ3) is 3.88. The van der Waals surface area contributed by atoms with Crippen molar-refractivity contribution in [2.45, 2.75) is 37.9 Å². The minimum Gasteiger partial charge on any atom is -0.473 e. The fourth-order valence-corrected chi connectivity index (χ4v) is 5.28. The summed E-state index contributed by atoms with van der Waals surface area (Å²) in [5, 5.41) is 0. The van der Waals surface area contributed by atoms with E-state index in [1.165, 1.54) is 0 Å². The van der Waals surface area contributed by atoms with Gasteiger partial charge in [0.05, 0.1) is 12.1 Å². The van der Waals surface area contributed by atoms with Gasteiger partial charge in [-0.15, -0.1) is 13.2 Å². The molecule has 3 aromatic rings. The van der Waals surface area contributed by atoms with Gasteiger partial charge in [0.25, 0.3) is 0 Å². The van der Waals surface area contributed by atoms with Crippen molar-refractivity contribution in [3.63, 3.8) is 0 Å². The fraction of sp³-hybridized carbons (Fsp3) is 0.348. The quantitative estimate of drug-likeness (QED) is 0.463. The Hall–Kier alpha value is -3.90. The van der Waals surface area contributed by atoms with Gasteiger partial charge >= 0.3 is 12.1 Å². The van der Waals surface area contributed by atoms with Crippen LogP contribution in [0.2, 0.25) is 0 Å². The maximum absolute atomic E-state index is 14.6. The first-order chi connectivity index (χ1) is 17.1. The summed E-state index contributed by atoms with van der Waals surface area (Å²) in [6.07, 6.45) is -1.95. The number of fused-ring (bicyclic) bond motifs is 1. The molecule has 1 saturated carbocycles. The van der Waals surface area contributed by atoms with E-state index in [0.29, 0.717) is 12.5 Å². The molecule has 1 spiro atoms. The van der Waals surface area contributed by atoms with E-state index in [2.05, 4.69) is 19.6 Å². The number of hydrogen-bond donors (Lipinski definition) is 0. The molecule has 188 valence electrons. The number of ether oxygens (including phenoxy) is 3. The molecule has 2 bridgehead atoms. The van der Waals surface area contributed by atoms with Gasteiger partial charge in [-0.1, -0.05) is 0 Å². The zero-order chi connectivity index (χ0) is 25.2.